The van der Waals surface area contributed by atoms with Crippen molar-refractivity contribution in [3.8, 4) is 0 Å². The summed E-state index contributed by atoms with van der Waals surface area (Å²) in [6.07, 6.45) is 3.43. The standard InChI is InChI=1S/C10H15NO4/c12-8(13)10(4-2-1-3-5-10)11-6-7-15-9(11)14/h1-7H2,(H,12,13). The first kappa shape index (κ1) is 10.3. The number of amides is 1. The third-order valence-electron chi connectivity index (χ3n) is 3.36. The van der Waals surface area contributed by atoms with Crippen LogP contribution in [0.1, 0.15) is 32.1 Å². The molecule has 0 atom stereocenters. The molecule has 0 unspecified atom stereocenters. The largest absolute Gasteiger partial charge is 0.479 e. The van der Waals surface area contributed by atoms with E-state index in [0.29, 0.717) is 26.0 Å². The second-order valence-electron chi connectivity index (χ2n) is 4.16. The highest BCUT2D eigenvalue weighted by Crippen LogP contribution is 2.35. The zero-order chi connectivity index (χ0) is 10.9. The summed E-state index contributed by atoms with van der Waals surface area (Å²) in [6, 6.07) is 0. The molecule has 15 heavy (non-hydrogen) atoms. The van der Waals surface area contributed by atoms with Crippen LogP contribution in [0, 0.1) is 0 Å². The molecule has 2 aliphatic rings. The highest BCUT2D eigenvalue weighted by Gasteiger charge is 2.49. The van der Waals surface area contributed by atoms with Crippen LogP contribution < -0.4 is 0 Å². The van der Waals surface area contributed by atoms with Crippen molar-refractivity contribution in [3.05, 3.63) is 0 Å². The lowest BCUT2D eigenvalue weighted by atomic mass is 9.80. The summed E-state index contributed by atoms with van der Waals surface area (Å²) in [6.45, 7) is 0.721. The molecule has 0 aromatic carbocycles. The average molecular weight is 213 g/mol. The SMILES string of the molecule is O=C1OCCN1C1(C(=O)O)CCCCC1. The van der Waals surface area contributed by atoms with Gasteiger partial charge in [0.25, 0.3) is 0 Å². The van der Waals surface area contributed by atoms with Crippen LogP contribution in [0.15, 0.2) is 0 Å². The summed E-state index contributed by atoms with van der Waals surface area (Å²) in [7, 11) is 0. The predicted octanol–water partition coefficient (Wildman–Crippen LogP) is 1.23. The van der Waals surface area contributed by atoms with E-state index in [1.54, 1.807) is 0 Å². The van der Waals surface area contributed by atoms with Gasteiger partial charge >= 0.3 is 12.1 Å². The molecule has 0 spiro atoms. The Morgan fingerprint density at radius 1 is 1.33 bits per heavy atom. The van der Waals surface area contributed by atoms with Crippen LogP contribution in [-0.4, -0.2) is 40.8 Å². The molecule has 0 aromatic rings. The Kier molecular flexibility index (Phi) is 2.54. The van der Waals surface area contributed by atoms with E-state index in [1.165, 1.54) is 4.90 Å². The van der Waals surface area contributed by atoms with E-state index in [-0.39, 0.29) is 0 Å². The topological polar surface area (TPSA) is 66.8 Å². The maximum absolute atomic E-state index is 11.4. The number of hydrogen-bond donors (Lipinski definition) is 1. The van der Waals surface area contributed by atoms with Gasteiger partial charge in [0.05, 0.1) is 6.54 Å². The summed E-state index contributed by atoms with van der Waals surface area (Å²) in [5.41, 5.74) is -0.994. The van der Waals surface area contributed by atoms with Gasteiger partial charge in [-0.05, 0) is 12.8 Å². The second kappa shape index (κ2) is 3.72. The Bertz CT molecular complexity index is 283. The van der Waals surface area contributed by atoms with Crippen LogP contribution in [-0.2, 0) is 9.53 Å². The molecular weight excluding hydrogens is 198 g/mol. The molecule has 1 N–H and O–H groups in total. The van der Waals surface area contributed by atoms with Crippen molar-refractivity contribution in [2.45, 2.75) is 37.6 Å². The first-order valence-electron chi connectivity index (χ1n) is 5.35. The lowest BCUT2D eigenvalue weighted by Gasteiger charge is -2.39. The molecule has 5 nitrogen and oxygen atoms in total. The van der Waals surface area contributed by atoms with Gasteiger partial charge in [0.1, 0.15) is 12.1 Å². The Hall–Kier alpha value is -1.26. The molecular formula is C10H15NO4. The zero-order valence-electron chi connectivity index (χ0n) is 8.57. The first-order chi connectivity index (χ1) is 7.17. The number of carboxylic acid groups (broad SMARTS) is 1. The van der Waals surface area contributed by atoms with Crippen LogP contribution in [0.25, 0.3) is 0 Å². The van der Waals surface area contributed by atoms with Gasteiger partial charge in [-0.25, -0.2) is 9.59 Å². The number of aliphatic carboxylic acids is 1. The van der Waals surface area contributed by atoms with Crippen LogP contribution in [0.3, 0.4) is 0 Å². The molecule has 0 radical (unpaired) electrons. The molecule has 2 fully saturated rings. The summed E-state index contributed by atoms with van der Waals surface area (Å²) < 4.78 is 4.82. The molecule has 84 valence electrons. The molecule has 0 bridgehead atoms. The Morgan fingerprint density at radius 3 is 2.47 bits per heavy atom. The van der Waals surface area contributed by atoms with Crippen molar-refractivity contribution < 1.29 is 19.4 Å². The Balaban J connectivity index is 2.24. The smallest absolute Gasteiger partial charge is 0.410 e. The number of hydrogen-bond acceptors (Lipinski definition) is 3. The van der Waals surface area contributed by atoms with E-state index in [4.69, 9.17) is 4.74 Å². The van der Waals surface area contributed by atoms with Gasteiger partial charge in [0, 0.05) is 0 Å². The number of carboxylic acids is 1. The van der Waals surface area contributed by atoms with Crippen LogP contribution >= 0.6 is 0 Å². The van der Waals surface area contributed by atoms with Gasteiger partial charge in [-0.1, -0.05) is 19.3 Å². The van der Waals surface area contributed by atoms with Gasteiger partial charge in [-0.2, -0.15) is 0 Å². The lowest BCUT2D eigenvalue weighted by molar-refractivity contribution is -0.151. The van der Waals surface area contributed by atoms with Crippen LogP contribution in [0.2, 0.25) is 0 Å². The van der Waals surface area contributed by atoms with Crippen molar-refractivity contribution in [2.75, 3.05) is 13.2 Å². The summed E-state index contributed by atoms with van der Waals surface area (Å²) in [5, 5.41) is 9.32. The molecule has 0 aromatic heterocycles. The van der Waals surface area contributed by atoms with Crippen LogP contribution in [0.5, 0.6) is 0 Å². The van der Waals surface area contributed by atoms with E-state index < -0.39 is 17.6 Å². The van der Waals surface area contributed by atoms with E-state index in [2.05, 4.69) is 0 Å². The Morgan fingerprint density at radius 2 is 2.00 bits per heavy atom. The minimum atomic E-state index is -0.994. The normalized spacial score (nSPS) is 25.1. The van der Waals surface area contributed by atoms with Crippen molar-refractivity contribution in [1.29, 1.82) is 0 Å². The fourth-order valence-corrected chi connectivity index (χ4v) is 2.52. The van der Waals surface area contributed by atoms with E-state index in [9.17, 15) is 14.7 Å². The highest BCUT2D eigenvalue weighted by molar-refractivity contribution is 5.85. The van der Waals surface area contributed by atoms with Crippen molar-refractivity contribution in [2.24, 2.45) is 0 Å². The molecule has 1 amide bonds. The van der Waals surface area contributed by atoms with Gasteiger partial charge in [-0.15, -0.1) is 0 Å². The monoisotopic (exact) mass is 213 g/mol. The summed E-state index contributed by atoms with van der Waals surface area (Å²) in [4.78, 5) is 24.2. The van der Waals surface area contributed by atoms with Gasteiger partial charge in [0.2, 0.25) is 0 Å². The van der Waals surface area contributed by atoms with Crippen molar-refractivity contribution >= 4 is 12.1 Å². The van der Waals surface area contributed by atoms with Crippen LogP contribution in [0.4, 0.5) is 4.79 Å². The minimum Gasteiger partial charge on any atom is -0.479 e. The molecule has 1 saturated carbocycles. The van der Waals surface area contributed by atoms with E-state index >= 15 is 0 Å². The number of nitrogens with zero attached hydrogens (tertiary/aromatic N) is 1. The lowest BCUT2D eigenvalue weighted by Crippen LogP contribution is -2.56. The highest BCUT2D eigenvalue weighted by atomic mass is 16.6. The minimum absolute atomic E-state index is 0.313. The molecule has 1 aliphatic carbocycles. The van der Waals surface area contributed by atoms with Gasteiger partial charge in [-0.3, -0.25) is 4.90 Å². The predicted molar refractivity (Wildman–Crippen MR) is 51.5 cm³/mol. The fraction of sp³-hybridized carbons (Fsp3) is 0.800. The summed E-state index contributed by atoms with van der Waals surface area (Å²) in [5.74, 6) is -0.888. The fourth-order valence-electron chi connectivity index (χ4n) is 2.52. The molecule has 2 rings (SSSR count). The Labute approximate surface area is 88.0 Å². The van der Waals surface area contributed by atoms with Gasteiger partial charge in [0.15, 0.2) is 0 Å². The molecule has 1 saturated heterocycles. The molecule has 5 heteroatoms. The number of carbonyl (C=O) groups is 2. The van der Waals surface area contributed by atoms with E-state index in [1.807, 2.05) is 0 Å². The third kappa shape index (κ3) is 1.56. The number of cyclic esters (lactones) is 1. The second-order valence-corrected chi connectivity index (χ2v) is 4.16. The molecule has 1 aliphatic heterocycles. The molecule has 1 heterocycles. The van der Waals surface area contributed by atoms with Crippen molar-refractivity contribution in [3.63, 3.8) is 0 Å². The van der Waals surface area contributed by atoms with Gasteiger partial charge < -0.3 is 9.84 Å². The number of rotatable bonds is 2. The average Bonchev–Trinajstić information content (AvgIpc) is 2.66. The van der Waals surface area contributed by atoms with Crippen molar-refractivity contribution in [1.82, 2.24) is 4.90 Å². The third-order valence-corrected chi connectivity index (χ3v) is 3.36. The quantitative estimate of drug-likeness (QED) is 0.749. The van der Waals surface area contributed by atoms with E-state index in [0.717, 1.165) is 19.3 Å². The maximum atomic E-state index is 11.4. The zero-order valence-corrected chi connectivity index (χ0v) is 8.57. The maximum Gasteiger partial charge on any atom is 0.410 e. The first-order valence-corrected chi connectivity index (χ1v) is 5.35. The number of carbonyl (C=O) groups excluding carboxylic acids is 1. The number of ether oxygens (including phenoxy) is 1. The summed E-state index contributed by atoms with van der Waals surface area (Å²) >= 11 is 0.